The Morgan fingerprint density at radius 3 is 2.29 bits per heavy atom. The van der Waals surface area contributed by atoms with Crippen LogP contribution in [-0.2, 0) is 16.1 Å². The number of hydrogen-bond acceptors (Lipinski definition) is 4. The van der Waals surface area contributed by atoms with Gasteiger partial charge < -0.3 is 15.2 Å². The highest BCUT2D eigenvalue weighted by Crippen LogP contribution is 2.17. The molecule has 0 aliphatic rings. The molecule has 28 heavy (non-hydrogen) atoms. The van der Waals surface area contributed by atoms with E-state index in [1.165, 1.54) is 0 Å². The Morgan fingerprint density at radius 1 is 0.893 bits per heavy atom. The van der Waals surface area contributed by atoms with E-state index in [0.29, 0.717) is 5.56 Å². The number of carbonyl (C=O) groups excluding carboxylic acids is 2. The van der Waals surface area contributed by atoms with Gasteiger partial charge >= 0.3 is 12.1 Å². The Labute approximate surface area is 161 Å². The second-order valence-electron chi connectivity index (χ2n) is 6.29. The monoisotopic (exact) mass is 377 g/mol. The zero-order valence-electron chi connectivity index (χ0n) is 15.0. The molecule has 1 amide bonds. The first-order valence-corrected chi connectivity index (χ1v) is 8.75. The molecule has 0 spiro atoms. The van der Waals surface area contributed by atoms with Gasteiger partial charge in [-0.1, -0.05) is 66.7 Å². The largest absolute Gasteiger partial charge is 0.480 e. The minimum Gasteiger partial charge on any atom is -0.480 e. The maximum absolute atomic E-state index is 12.5. The zero-order valence-corrected chi connectivity index (χ0v) is 15.0. The number of carboxylic acids is 1. The standard InChI is InChI=1S/C22H19NO5/c24-20(18-11-10-16-8-4-5-9-17(16)12-18)13-19(21(25)26)23-22(27)28-14-15-6-2-1-3-7-15/h1-12,19H,13-14H2,(H,23,27)(H,25,26). The van der Waals surface area contributed by atoms with Crippen LogP contribution in [0.3, 0.4) is 0 Å². The number of rotatable bonds is 7. The zero-order chi connectivity index (χ0) is 19.9. The normalized spacial score (nSPS) is 11.6. The molecule has 0 radical (unpaired) electrons. The van der Waals surface area contributed by atoms with Crippen LogP contribution in [-0.4, -0.2) is 29.0 Å². The fourth-order valence-corrected chi connectivity index (χ4v) is 2.77. The summed E-state index contributed by atoms with van der Waals surface area (Å²) in [5.41, 5.74) is 1.17. The third kappa shape index (κ3) is 4.94. The number of ketones is 1. The molecule has 6 nitrogen and oxygen atoms in total. The first-order chi connectivity index (χ1) is 13.5. The molecule has 0 aromatic heterocycles. The van der Waals surface area contributed by atoms with Gasteiger partial charge in [-0.25, -0.2) is 9.59 Å². The van der Waals surface area contributed by atoms with Crippen molar-refractivity contribution in [1.29, 1.82) is 0 Å². The molecule has 0 saturated carbocycles. The van der Waals surface area contributed by atoms with E-state index in [4.69, 9.17) is 4.74 Å². The highest BCUT2D eigenvalue weighted by Gasteiger charge is 2.24. The number of hydrogen-bond donors (Lipinski definition) is 2. The van der Waals surface area contributed by atoms with E-state index >= 15 is 0 Å². The van der Waals surface area contributed by atoms with Crippen molar-refractivity contribution in [2.75, 3.05) is 0 Å². The summed E-state index contributed by atoms with van der Waals surface area (Å²) in [6.45, 7) is 0.0115. The molecule has 1 atom stereocenters. The van der Waals surface area contributed by atoms with Crippen LogP contribution >= 0.6 is 0 Å². The summed E-state index contributed by atoms with van der Waals surface area (Å²) in [4.78, 5) is 35.9. The first kappa shape index (κ1) is 19.1. The van der Waals surface area contributed by atoms with Gasteiger partial charge in [0.1, 0.15) is 12.6 Å². The molecule has 3 rings (SSSR count). The summed E-state index contributed by atoms with van der Waals surface area (Å²) in [7, 11) is 0. The van der Waals surface area contributed by atoms with E-state index in [0.717, 1.165) is 16.3 Å². The fourth-order valence-electron chi connectivity index (χ4n) is 2.77. The highest BCUT2D eigenvalue weighted by atomic mass is 16.5. The van der Waals surface area contributed by atoms with Crippen LogP contribution in [0, 0.1) is 0 Å². The molecule has 3 aromatic carbocycles. The molecule has 0 heterocycles. The number of alkyl carbamates (subject to hydrolysis) is 1. The molecular formula is C22H19NO5. The van der Waals surface area contributed by atoms with Gasteiger partial charge in [-0.15, -0.1) is 0 Å². The van der Waals surface area contributed by atoms with Crippen molar-refractivity contribution >= 4 is 28.6 Å². The van der Waals surface area contributed by atoms with Crippen LogP contribution in [0.4, 0.5) is 4.79 Å². The van der Waals surface area contributed by atoms with Gasteiger partial charge in [0.25, 0.3) is 0 Å². The van der Waals surface area contributed by atoms with E-state index < -0.39 is 18.1 Å². The second-order valence-corrected chi connectivity index (χ2v) is 6.29. The van der Waals surface area contributed by atoms with Crippen LogP contribution in [0.1, 0.15) is 22.3 Å². The molecular weight excluding hydrogens is 358 g/mol. The topological polar surface area (TPSA) is 92.7 Å². The van der Waals surface area contributed by atoms with Crippen molar-refractivity contribution in [3.63, 3.8) is 0 Å². The van der Waals surface area contributed by atoms with Crippen molar-refractivity contribution < 1.29 is 24.2 Å². The molecule has 0 fully saturated rings. The van der Waals surface area contributed by atoms with Crippen LogP contribution in [0.2, 0.25) is 0 Å². The summed E-state index contributed by atoms with van der Waals surface area (Å²) in [6, 6.07) is 20.4. The number of benzene rings is 3. The van der Waals surface area contributed by atoms with E-state index in [1.807, 2.05) is 30.3 Å². The quantitative estimate of drug-likeness (QED) is 0.611. The number of nitrogens with one attached hydrogen (secondary N) is 1. The Balaban J connectivity index is 1.62. The summed E-state index contributed by atoms with van der Waals surface area (Å²) in [6.07, 6.45) is -1.25. The van der Waals surface area contributed by atoms with Gasteiger partial charge in [-0.2, -0.15) is 0 Å². The van der Waals surface area contributed by atoms with Crippen molar-refractivity contribution in [2.45, 2.75) is 19.1 Å². The SMILES string of the molecule is O=C(NC(CC(=O)c1ccc2ccccc2c1)C(=O)O)OCc1ccccc1. The maximum Gasteiger partial charge on any atom is 0.408 e. The summed E-state index contributed by atoms with van der Waals surface area (Å²) in [5, 5.41) is 13.5. The van der Waals surface area contributed by atoms with Gasteiger partial charge in [-0.3, -0.25) is 4.79 Å². The second kappa shape index (κ2) is 8.81. The van der Waals surface area contributed by atoms with E-state index in [1.54, 1.807) is 42.5 Å². The third-order valence-corrected chi connectivity index (χ3v) is 4.26. The molecule has 3 aromatic rings. The van der Waals surface area contributed by atoms with Crippen LogP contribution in [0.15, 0.2) is 72.8 Å². The lowest BCUT2D eigenvalue weighted by molar-refractivity contribution is -0.139. The highest BCUT2D eigenvalue weighted by molar-refractivity contribution is 6.02. The smallest absolute Gasteiger partial charge is 0.408 e. The molecule has 0 bridgehead atoms. The summed E-state index contributed by atoms with van der Waals surface area (Å²) < 4.78 is 5.03. The average molecular weight is 377 g/mol. The van der Waals surface area contributed by atoms with Crippen molar-refractivity contribution in [3.05, 3.63) is 83.9 Å². The molecule has 0 saturated heterocycles. The Morgan fingerprint density at radius 2 is 1.57 bits per heavy atom. The van der Waals surface area contributed by atoms with Gasteiger partial charge in [0.05, 0.1) is 0 Å². The molecule has 0 aliphatic heterocycles. The predicted octanol–water partition coefficient (Wildman–Crippen LogP) is 3.79. The number of Topliss-reactive ketones (excluding diaryl/α,β-unsaturated/α-hetero) is 1. The molecule has 2 N–H and O–H groups in total. The minimum absolute atomic E-state index is 0.0115. The molecule has 1 unspecified atom stereocenters. The Kier molecular flexibility index (Phi) is 6.01. The number of fused-ring (bicyclic) bond motifs is 1. The van der Waals surface area contributed by atoms with Gasteiger partial charge in [0.15, 0.2) is 5.78 Å². The summed E-state index contributed by atoms with van der Waals surface area (Å²) in [5.74, 6) is -1.67. The number of ether oxygens (including phenoxy) is 1. The molecule has 6 heteroatoms. The number of carboxylic acid groups (broad SMARTS) is 1. The number of carbonyl (C=O) groups is 3. The van der Waals surface area contributed by atoms with Crippen molar-refractivity contribution in [2.24, 2.45) is 0 Å². The van der Waals surface area contributed by atoms with Crippen molar-refractivity contribution in [3.8, 4) is 0 Å². The lowest BCUT2D eigenvalue weighted by atomic mass is 10.0. The Hall–Kier alpha value is -3.67. The van der Waals surface area contributed by atoms with E-state index in [9.17, 15) is 19.5 Å². The van der Waals surface area contributed by atoms with Crippen molar-refractivity contribution in [1.82, 2.24) is 5.32 Å². The van der Waals surface area contributed by atoms with Gasteiger partial charge in [0, 0.05) is 12.0 Å². The Bertz CT molecular complexity index is 1000. The lowest BCUT2D eigenvalue weighted by Crippen LogP contribution is -2.42. The van der Waals surface area contributed by atoms with Crippen LogP contribution < -0.4 is 5.32 Å². The fraction of sp³-hybridized carbons (Fsp3) is 0.136. The number of aliphatic carboxylic acids is 1. The minimum atomic E-state index is -1.37. The summed E-state index contributed by atoms with van der Waals surface area (Å²) >= 11 is 0. The van der Waals surface area contributed by atoms with Gasteiger partial charge in [0.2, 0.25) is 0 Å². The molecule has 0 aliphatic carbocycles. The van der Waals surface area contributed by atoms with E-state index in [-0.39, 0.29) is 18.8 Å². The van der Waals surface area contributed by atoms with Gasteiger partial charge in [-0.05, 0) is 22.4 Å². The lowest BCUT2D eigenvalue weighted by Gasteiger charge is -2.14. The first-order valence-electron chi connectivity index (χ1n) is 8.75. The predicted molar refractivity (Wildman–Crippen MR) is 104 cm³/mol. The van der Waals surface area contributed by atoms with E-state index in [2.05, 4.69) is 5.32 Å². The molecule has 142 valence electrons. The average Bonchev–Trinajstić information content (AvgIpc) is 2.72. The third-order valence-electron chi connectivity index (χ3n) is 4.26. The maximum atomic E-state index is 12.5. The number of amides is 1. The van der Waals surface area contributed by atoms with Crippen LogP contribution in [0.5, 0.6) is 0 Å². The van der Waals surface area contributed by atoms with Crippen LogP contribution in [0.25, 0.3) is 10.8 Å².